The molecule has 0 spiro atoms. The summed E-state index contributed by atoms with van der Waals surface area (Å²) in [5.74, 6) is -3.95. The number of hydrogen-bond acceptors (Lipinski definition) is 2. The zero-order chi connectivity index (χ0) is 28.0. The molecule has 206 valence electrons. The zero-order valence-corrected chi connectivity index (χ0v) is 21.4. The molecular weight excluding hydrogens is 518 g/mol. The molecule has 8 heteroatoms. The summed E-state index contributed by atoms with van der Waals surface area (Å²) in [6, 6.07) is 19.3. The van der Waals surface area contributed by atoms with E-state index in [1.165, 1.54) is 11.1 Å². The molecule has 0 radical (unpaired) electrons. The quantitative estimate of drug-likeness (QED) is 0.178. The highest BCUT2D eigenvalue weighted by Crippen LogP contribution is 2.28. The van der Waals surface area contributed by atoms with Gasteiger partial charge in [-0.25, -0.2) is 13.2 Å². The maximum Gasteiger partial charge on any atom is 0.422 e. The summed E-state index contributed by atoms with van der Waals surface area (Å²) in [5, 5.41) is 1.21. The van der Waals surface area contributed by atoms with E-state index < -0.39 is 36.0 Å². The maximum absolute atomic E-state index is 15.2. The van der Waals surface area contributed by atoms with Gasteiger partial charge in [0.1, 0.15) is 5.82 Å². The number of fused-ring (bicyclic) bond motifs is 1. The van der Waals surface area contributed by atoms with Crippen LogP contribution in [0.25, 0.3) is 10.8 Å². The van der Waals surface area contributed by atoms with Crippen molar-refractivity contribution in [3.05, 3.63) is 112 Å². The minimum atomic E-state index is -4.72. The fourth-order valence-corrected chi connectivity index (χ4v) is 4.44. The normalized spacial score (nSPS) is 11.8. The molecule has 4 rings (SSSR count). The van der Waals surface area contributed by atoms with Crippen LogP contribution in [-0.4, -0.2) is 26.5 Å². The van der Waals surface area contributed by atoms with Gasteiger partial charge in [0, 0.05) is 12.5 Å². The van der Waals surface area contributed by atoms with E-state index in [9.17, 15) is 22.0 Å². The van der Waals surface area contributed by atoms with Gasteiger partial charge < -0.3 is 9.47 Å². The molecule has 0 fully saturated rings. The Kier molecular flexibility index (Phi) is 9.17. The van der Waals surface area contributed by atoms with Crippen molar-refractivity contribution in [3.63, 3.8) is 0 Å². The van der Waals surface area contributed by atoms with E-state index in [2.05, 4.69) is 29.0 Å². The summed E-state index contributed by atoms with van der Waals surface area (Å²) in [6.07, 6.45) is -1.94. The molecule has 0 heterocycles. The predicted molar refractivity (Wildman–Crippen MR) is 139 cm³/mol. The molecule has 4 aromatic rings. The molecule has 0 aromatic heterocycles. The lowest BCUT2D eigenvalue weighted by Crippen LogP contribution is -2.20. The van der Waals surface area contributed by atoms with Crippen molar-refractivity contribution in [3.8, 4) is 5.75 Å². The van der Waals surface area contributed by atoms with Crippen LogP contribution in [0.15, 0.2) is 66.7 Å². The Balaban J connectivity index is 1.39. The van der Waals surface area contributed by atoms with Gasteiger partial charge in [-0.15, -0.1) is 0 Å². The Hall–Kier alpha value is -3.52. The minimum Gasteiger partial charge on any atom is -0.478 e. The molecule has 2 nitrogen and oxygen atoms in total. The van der Waals surface area contributed by atoms with Crippen LogP contribution in [0.3, 0.4) is 0 Å². The monoisotopic (exact) mass is 546 g/mol. The van der Waals surface area contributed by atoms with Gasteiger partial charge in [-0.1, -0.05) is 54.6 Å². The van der Waals surface area contributed by atoms with Crippen LogP contribution in [0.5, 0.6) is 5.75 Å². The molecule has 4 aromatic carbocycles. The summed E-state index contributed by atoms with van der Waals surface area (Å²) in [7, 11) is 1.68. The number of methoxy groups -OCH3 is 1. The maximum atomic E-state index is 15.2. The third-order valence-corrected chi connectivity index (χ3v) is 6.54. The fraction of sp³-hybridized carbons (Fsp3) is 0.290. The largest absolute Gasteiger partial charge is 0.478 e. The average Bonchev–Trinajstić information content (AvgIpc) is 2.90. The van der Waals surface area contributed by atoms with Crippen molar-refractivity contribution < 1.29 is 35.8 Å². The van der Waals surface area contributed by atoms with Gasteiger partial charge in [0.25, 0.3) is 0 Å². The topological polar surface area (TPSA) is 18.5 Å². The van der Waals surface area contributed by atoms with E-state index in [0.29, 0.717) is 17.6 Å². The van der Waals surface area contributed by atoms with Crippen LogP contribution in [-0.2, 0) is 36.8 Å². The summed E-state index contributed by atoms with van der Waals surface area (Å²) in [5.41, 5.74) is 4.08. The molecule has 0 N–H and O–H groups in total. The molecule has 0 aliphatic heterocycles. The summed E-state index contributed by atoms with van der Waals surface area (Å²) < 4.78 is 89.8. The van der Waals surface area contributed by atoms with Crippen molar-refractivity contribution >= 4 is 10.8 Å². The number of aryl methyl sites for hydroxylation is 4. The first-order valence-corrected chi connectivity index (χ1v) is 12.6. The van der Waals surface area contributed by atoms with Crippen molar-refractivity contribution in [1.29, 1.82) is 0 Å². The van der Waals surface area contributed by atoms with E-state index in [1.54, 1.807) is 19.2 Å². The van der Waals surface area contributed by atoms with Crippen LogP contribution >= 0.6 is 0 Å². The Morgan fingerprint density at radius 3 is 1.87 bits per heavy atom. The van der Waals surface area contributed by atoms with E-state index in [-0.39, 0.29) is 18.4 Å². The summed E-state index contributed by atoms with van der Waals surface area (Å²) in [6.45, 7) is -1.12. The van der Waals surface area contributed by atoms with Gasteiger partial charge in [0.05, 0.1) is 6.61 Å². The molecular formula is C31H28F6O2. The van der Waals surface area contributed by atoms with Crippen molar-refractivity contribution in [1.82, 2.24) is 0 Å². The van der Waals surface area contributed by atoms with Gasteiger partial charge >= 0.3 is 6.18 Å². The highest BCUT2D eigenvalue weighted by atomic mass is 19.4. The van der Waals surface area contributed by atoms with Gasteiger partial charge in [-0.2, -0.15) is 13.2 Å². The van der Waals surface area contributed by atoms with Crippen molar-refractivity contribution in [2.24, 2.45) is 0 Å². The molecule has 0 atom stereocenters. The lowest BCUT2D eigenvalue weighted by atomic mass is 9.97. The Morgan fingerprint density at radius 2 is 1.23 bits per heavy atom. The minimum absolute atomic E-state index is 0.0954. The Bertz CT molecular complexity index is 1390. The Labute approximate surface area is 223 Å². The van der Waals surface area contributed by atoms with Crippen LogP contribution in [0.1, 0.15) is 27.8 Å². The molecule has 0 saturated heterocycles. The highest BCUT2D eigenvalue weighted by Gasteiger charge is 2.30. The molecule has 0 unspecified atom stereocenters. The van der Waals surface area contributed by atoms with Crippen LogP contribution in [0, 0.1) is 17.5 Å². The van der Waals surface area contributed by atoms with Gasteiger partial charge in [-0.3, -0.25) is 0 Å². The lowest BCUT2D eigenvalue weighted by Gasteiger charge is -2.12. The second-order valence-electron chi connectivity index (χ2n) is 9.45. The standard InChI is InChI=1S/C31H28F6O2/c1-38-15-14-21-4-2-20(3-5-21)6-7-22-9-13-26-25(16-22)12-11-24(29(26)34)10-8-23-17-27(32)30(28(33)18-23)39-19-31(35,36)37/h2-5,9,11-13,16-18H,6-8,10,14-15,19H2,1H3. The molecule has 0 saturated carbocycles. The van der Waals surface area contributed by atoms with E-state index in [1.807, 2.05) is 18.2 Å². The zero-order valence-electron chi connectivity index (χ0n) is 21.4. The van der Waals surface area contributed by atoms with E-state index >= 15 is 4.39 Å². The molecule has 39 heavy (non-hydrogen) atoms. The third kappa shape index (κ3) is 7.76. The fourth-order valence-electron chi connectivity index (χ4n) is 4.44. The summed E-state index contributed by atoms with van der Waals surface area (Å²) in [4.78, 5) is 0. The first-order valence-electron chi connectivity index (χ1n) is 12.6. The SMILES string of the molecule is COCCc1ccc(CCc2ccc3c(F)c(CCc4cc(F)c(OCC(F)(F)F)c(F)c4)ccc3c2)cc1. The first kappa shape index (κ1) is 28.5. The molecule has 0 bridgehead atoms. The molecule has 0 amide bonds. The summed E-state index contributed by atoms with van der Waals surface area (Å²) >= 11 is 0. The van der Waals surface area contributed by atoms with E-state index in [4.69, 9.17) is 4.74 Å². The first-order chi connectivity index (χ1) is 18.6. The lowest BCUT2D eigenvalue weighted by molar-refractivity contribution is -0.154. The molecule has 0 aliphatic rings. The molecule has 0 aliphatic carbocycles. The van der Waals surface area contributed by atoms with Gasteiger partial charge in [0.15, 0.2) is 24.0 Å². The number of hydrogen-bond donors (Lipinski definition) is 0. The predicted octanol–water partition coefficient (Wildman–Crippen LogP) is 7.96. The number of ether oxygens (including phenoxy) is 2. The highest BCUT2D eigenvalue weighted by molar-refractivity contribution is 5.84. The average molecular weight is 547 g/mol. The second-order valence-corrected chi connectivity index (χ2v) is 9.45. The van der Waals surface area contributed by atoms with Crippen molar-refractivity contribution in [2.75, 3.05) is 20.3 Å². The second kappa shape index (κ2) is 12.6. The van der Waals surface area contributed by atoms with Crippen molar-refractivity contribution in [2.45, 2.75) is 38.3 Å². The number of alkyl halides is 3. The number of rotatable bonds is 11. The van der Waals surface area contributed by atoms with Gasteiger partial charge in [-0.05, 0) is 77.4 Å². The van der Waals surface area contributed by atoms with E-state index in [0.717, 1.165) is 42.3 Å². The van der Waals surface area contributed by atoms with Crippen LogP contribution in [0.2, 0.25) is 0 Å². The Morgan fingerprint density at radius 1 is 0.641 bits per heavy atom. The smallest absolute Gasteiger partial charge is 0.422 e. The van der Waals surface area contributed by atoms with Gasteiger partial charge in [0.2, 0.25) is 0 Å². The van der Waals surface area contributed by atoms with Crippen LogP contribution in [0.4, 0.5) is 26.3 Å². The number of benzene rings is 4. The number of halogens is 6. The van der Waals surface area contributed by atoms with Crippen LogP contribution < -0.4 is 4.74 Å². The third-order valence-electron chi connectivity index (χ3n) is 6.54.